The van der Waals surface area contributed by atoms with E-state index in [4.69, 9.17) is 19.3 Å². The van der Waals surface area contributed by atoms with Gasteiger partial charge in [0.25, 0.3) is 0 Å². The molecule has 0 radical (unpaired) electrons. The van der Waals surface area contributed by atoms with Crippen molar-refractivity contribution in [3.63, 3.8) is 0 Å². The van der Waals surface area contributed by atoms with Gasteiger partial charge < -0.3 is 14.2 Å². The Hall–Kier alpha value is -3.36. The van der Waals surface area contributed by atoms with Gasteiger partial charge in [0.2, 0.25) is 0 Å². The van der Waals surface area contributed by atoms with E-state index in [9.17, 15) is 4.79 Å². The van der Waals surface area contributed by atoms with E-state index in [2.05, 4.69) is 31.0 Å². The Labute approximate surface area is 200 Å². The van der Waals surface area contributed by atoms with Crippen molar-refractivity contribution < 1.29 is 19.0 Å². The standard InChI is InChI=1S/C26H32N4O4/c1-26(2,3)23-19-24(27-25(31)34-22-7-5-4-6-8-22)30(28-23)20-9-11-21(12-10-20)33-18-15-29-13-16-32-17-14-29/h4-12,19H,13-18H2,1-3H3,(H,27,31). The highest BCUT2D eigenvalue weighted by Crippen LogP contribution is 2.27. The van der Waals surface area contributed by atoms with E-state index in [1.807, 2.05) is 48.5 Å². The second-order valence-corrected chi connectivity index (χ2v) is 9.20. The second kappa shape index (κ2) is 10.7. The maximum atomic E-state index is 12.5. The molecular weight excluding hydrogens is 432 g/mol. The van der Waals surface area contributed by atoms with Crippen LogP contribution in [0.3, 0.4) is 0 Å². The van der Waals surface area contributed by atoms with Gasteiger partial charge in [0.15, 0.2) is 0 Å². The summed E-state index contributed by atoms with van der Waals surface area (Å²) >= 11 is 0. The number of rotatable bonds is 7. The predicted octanol–water partition coefficient (Wildman–Crippen LogP) is 4.49. The molecular formula is C26H32N4O4. The van der Waals surface area contributed by atoms with Crippen LogP contribution in [0.5, 0.6) is 11.5 Å². The summed E-state index contributed by atoms with van der Waals surface area (Å²) in [5.41, 5.74) is 1.48. The van der Waals surface area contributed by atoms with Crippen LogP contribution < -0.4 is 14.8 Å². The lowest BCUT2D eigenvalue weighted by atomic mass is 9.92. The van der Waals surface area contributed by atoms with Gasteiger partial charge in [0, 0.05) is 31.1 Å². The van der Waals surface area contributed by atoms with Gasteiger partial charge in [0.05, 0.1) is 24.6 Å². The molecule has 1 aromatic heterocycles. The average Bonchev–Trinajstić information content (AvgIpc) is 3.25. The summed E-state index contributed by atoms with van der Waals surface area (Å²) < 4.78 is 18.4. The van der Waals surface area contributed by atoms with Gasteiger partial charge in [-0.05, 0) is 36.4 Å². The molecule has 0 unspecified atom stereocenters. The first kappa shape index (κ1) is 23.8. The third-order valence-electron chi connectivity index (χ3n) is 5.52. The monoisotopic (exact) mass is 464 g/mol. The Morgan fingerprint density at radius 3 is 2.41 bits per heavy atom. The van der Waals surface area contributed by atoms with Crippen molar-refractivity contribution in [3.05, 3.63) is 66.4 Å². The maximum Gasteiger partial charge on any atom is 0.418 e. The van der Waals surface area contributed by atoms with Gasteiger partial charge in [-0.15, -0.1) is 0 Å². The van der Waals surface area contributed by atoms with Gasteiger partial charge in [0.1, 0.15) is 23.9 Å². The van der Waals surface area contributed by atoms with Crippen LogP contribution in [-0.2, 0) is 10.2 Å². The Morgan fingerprint density at radius 1 is 1.03 bits per heavy atom. The zero-order chi connectivity index (χ0) is 24.0. The summed E-state index contributed by atoms with van der Waals surface area (Å²) in [6.45, 7) is 11.2. The fraction of sp³-hybridized carbons (Fsp3) is 0.385. The predicted molar refractivity (Wildman–Crippen MR) is 131 cm³/mol. The molecule has 34 heavy (non-hydrogen) atoms. The van der Waals surface area contributed by atoms with Crippen molar-refractivity contribution >= 4 is 11.9 Å². The van der Waals surface area contributed by atoms with Gasteiger partial charge in [-0.1, -0.05) is 39.0 Å². The summed E-state index contributed by atoms with van der Waals surface area (Å²) in [4.78, 5) is 14.9. The molecule has 1 aliphatic heterocycles. The van der Waals surface area contributed by atoms with Crippen molar-refractivity contribution in [1.82, 2.24) is 14.7 Å². The molecule has 180 valence electrons. The molecule has 0 saturated carbocycles. The normalized spacial score (nSPS) is 14.6. The van der Waals surface area contributed by atoms with E-state index in [0.717, 1.165) is 50.0 Å². The highest BCUT2D eigenvalue weighted by atomic mass is 16.6. The smallest absolute Gasteiger partial charge is 0.418 e. The molecule has 3 aromatic rings. The molecule has 1 aliphatic rings. The lowest BCUT2D eigenvalue weighted by molar-refractivity contribution is 0.0322. The molecule has 8 nitrogen and oxygen atoms in total. The highest BCUT2D eigenvalue weighted by molar-refractivity contribution is 5.85. The molecule has 2 heterocycles. The van der Waals surface area contributed by atoms with Crippen LogP contribution in [0.2, 0.25) is 0 Å². The number of morpholine rings is 1. The van der Waals surface area contributed by atoms with E-state index >= 15 is 0 Å². The molecule has 0 aliphatic carbocycles. The number of hydrogen-bond acceptors (Lipinski definition) is 6. The van der Waals surface area contributed by atoms with E-state index in [1.165, 1.54) is 0 Å². The topological polar surface area (TPSA) is 77.8 Å². The Bertz CT molecular complexity index is 1070. The van der Waals surface area contributed by atoms with Crippen LogP contribution >= 0.6 is 0 Å². The van der Waals surface area contributed by atoms with Gasteiger partial charge in [-0.25, -0.2) is 9.48 Å². The van der Waals surface area contributed by atoms with Crippen molar-refractivity contribution in [1.29, 1.82) is 0 Å². The minimum atomic E-state index is -0.573. The number of nitrogens with zero attached hydrogens (tertiary/aromatic N) is 3. The lowest BCUT2D eigenvalue weighted by Gasteiger charge is -2.26. The van der Waals surface area contributed by atoms with Gasteiger partial charge in [-0.2, -0.15) is 5.10 Å². The fourth-order valence-electron chi connectivity index (χ4n) is 3.56. The Balaban J connectivity index is 1.45. The molecule has 0 spiro atoms. The number of nitrogens with one attached hydrogen (secondary N) is 1. The van der Waals surface area contributed by atoms with Crippen molar-refractivity contribution in [2.75, 3.05) is 44.8 Å². The molecule has 0 atom stereocenters. The van der Waals surface area contributed by atoms with Gasteiger partial charge >= 0.3 is 6.09 Å². The third-order valence-corrected chi connectivity index (χ3v) is 5.52. The first-order chi connectivity index (χ1) is 16.4. The summed E-state index contributed by atoms with van der Waals surface area (Å²) in [6, 6.07) is 18.5. The third kappa shape index (κ3) is 6.36. The minimum Gasteiger partial charge on any atom is -0.492 e. The van der Waals surface area contributed by atoms with E-state index in [-0.39, 0.29) is 5.41 Å². The van der Waals surface area contributed by atoms with E-state index in [1.54, 1.807) is 16.8 Å². The van der Waals surface area contributed by atoms with Crippen molar-refractivity contribution in [3.8, 4) is 17.2 Å². The highest BCUT2D eigenvalue weighted by Gasteiger charge is 2.22. The number of para-hydroxylation sites is 1. The van der Waals surface area contributed by atoms with Crippen LogP contribution in [-0.4, -0.2) is 60.2 Å². The Morgan fingerprint density at radius 2 is 1.74 bits per heavy atom. The number of carbonyl (C=O) groups is 1. The van der Waals surface area contributed by atoms with Gasteiger partial charge in [-0.3, -0.25) is 10.2 Å². The summed E-state index contributed by atoms with van der Waals surface area (Å²) in [6.07, 6.45) is -0.573. The number of anilines is 1. The second-order valence-electron chi connectivity index (χ2n) is 9.20. The zero-order valence-corrected chi connectivity index (χ0v) is 20.0. The molecule has 1 saturated heterocycles. The number of aromatic nitrogens is 2. The maximum absolute atomic E-state index is 12.5. The lowest BCUT2D eigenvalue weighted by Crippen LogP contribution is -2.38. The Kier molecular flexibility index (Phi) is 7.49. The zero-order valence-electron chi connectivity index (χ0n) is 20.0. The number of hydrogen-bond donors (Lipinski definition) is 1. The molecule has 8 heteroatoms. The fourth-order valence-corrected chi connectivity index (χ4v) is 3.56. The first-order valence-electron chi connectivity index (χ1n) is 11.6. The number of ether oxygens (including phenoxy) is 3. The molecule has 1 fully saturated rings. The molecule has 4 rings (SSSR count). The molecule has 0 bridgehead atoms. The SMILES string of the molecule is CC(C)(C)c1cc(NC(=O)Oc2ccccc2)n(-c2ccc(OCCN3CCOCC3)cc2)n1. The summed E-state index contributed by atoms with van der Waals surface area (Å²) in [7, 11) is 0. The first-order valence-corrected chi connectivity index (χ1v) is 11.6. The van der Waals surface area contributed by atoms with Crippen LogP contribution in [0, 0.1) is 0 Å². The largest absolute Gasteiger partial charge is 0.492 e. The average molecular weight is 465 g/mol. The van der Waals surface area contributed by atoms with Crippen LogP contribution in [0.15, 0.2) is 60.7 Å². The van der Waals surface area contributed by atoms with Crippen molar-refractivity contribution in [2.24, 2.45) is 0 Å². The minimum absolute atomic E-state index is 0.187. The summed E-state index contributed by atoms with van der Waals surface area (Å²) in [5.74, 6) is 1.80. The van der Waals surface area contributed by atoms with E-state index in [0.29, 0.717) is 18.2 Å². The van der Waals surface area contributed by atoms with Crippen LogP contribution in [0.25, 0.3) is 5.69 Å². The summed E-state index contributed by atoms with van der Waals surface area (Å²) in [5, 5.41) is 7.58. The van der Waals surface area contributed by atoms with Crippen LogP contribution in [0.1, 0.15) is 26.5 Å². The number of amides is 1. The molecule has 2 aromatic carbocycles. The van der Waals surface area contributed by atoms with Crippen LogP contribution in [0.4, 0.5) is 10.6 Å². The van der Waals surface area contributed by atoms with E-state index < -0.39 is 6.09 Å². The quantitative estimate of drug-likeness (QED) is 0.555. The molecule has 1 amide bonds. The number of carbonyl (C=O) groups excluding carboxylic acids is 1. The van der Waals surface area contributed by atoms with Crippen molar-refractivity contribution in [2.45, 2.75) is 26.2 Å². The molecule has 1 N–H and O–H groups in total. The number of benzene rings is 2.